The highest BCUT2D eigenvalue weighted by molar-refractivity contribution is 8.01. The lowest BCUT2D eigenvalue weighted by atomic mass is 10.2. The van der Waals surface area contributed by atoms with Crippen molar-refractivity contribution in [1.82, 2.24) is 4.98 Å². The number of methoxy groups -OCH3 is 1. The van der Waals surface area contributed by atoms with E-state index in [0.29, 0.717) is 11.3 Å². The van der Waals surface area contributed by atoms with Gasteiger partial charge in [-0.3, -0.25) is 4.79 Å². The number of thiazole rings is 1. The zero-order valence-corrected chi connectivity index (χ0v) is 14.5. The first-order valence-electron chi connectivity index (χ1n) is 7.19. The van der Waals surface area contributed by atoms with Gasteiger partial charge in [-0.1, -0.05) is 30.8 Å². The van der Waals surface area contributed by atoms with Crippen LogP contribution in [0.15, 0.2) is 46.8 Å². The van der Waals surface area contributed by atoms with Crippen LogP contribution in [0.3, 0.4) is 0 Å². The summed E-state index contributed by atoms with van der Waals surface area (Å²) in [5, 5.41) is 2.92. The van der Waals surface area contributed by atoms with E-state index >= 15 is 0 Å². The number of hydrogen-bond acceptors (Lipinski definition) is 5. The van der Waals surface area contributed by atoms with Gasteiger partial charge in [0.25, 0.3) is 5.91 Å². The molecule has 1 amide bonds. The average molecular weight is 344 g/mol. The Kier molecular flexibility index (Phi) is 4.83. The molecule has 0 aliphatic carbocycles. The number of ether oxygens (including phenoxy) is 1. The summed E-state index contributed by atoms with van der Waals surface area (Å²) in [6.07, 6.45) is 0. The molecular weight excluding hydrogens is 328 g/mol. The predicted octanol–water partition coefficient (Wildman–Crippen LogP) is 4.67. The number of para-hydroxylation sites is 1. The number of aromatic nitrogens is 1. The van der Waals surface area contributed by atoms with Crippen molar-refractivity contribution >= 4 is 44.9 Å². The molecule has 3 aromatic rings. The van der Waals surface area contributed by atoms with Gasteiger partial charge in [-0.15, -0.1) is 11.3 Å². The van der Waals surface area contributed by atoms with Crippen molar-refractivity contribution in [3.8, 4) is 5.75 Å². The fourth-order valence-electron chi connectivity index (χ4n) is 2.20. The van der Waals surface area contributed by atoms with Gasteiger partial charge >= 0.3 is 0 Å². The number of nitrogens with zero attached hydrogens (tertiary/aromatic N) is 1. The molecule has 0 unspecified atom stereocenters. The number of hydrogen-bond donors (Lipinski definition) is 1. The van der Waals surface area contributed by atoms with Gasteiger partial charge in [0.15, 0.2) is 4.34 Å². The van der Waals surface area contributed by atoms with E-state index < -0.39 is 0 Å². The van der Waals surface area contributed by atoms with Gasteiger partial charge in [-0.05, 0) is 36.1 Å². The van der Waals surface area contributed by atoms with Crippen LogP contribution >= 0.6 is 23.1 Å². The Labute approximate surface area is 142 Å². The number of carbonyl (C=O) groups is 1. The fourth-order valence-corrected chi connectivity index (χ4v) is 4.20. The molecule has 0 aliphatic heterocycles. The van der Waals surface area contributed by atoms with Gasteiger partial charge in [0.1, 0.15) is 5.75 Å². The molecule has 0 spiro atoms. The highest BCUT2D eigenvalue weighted by Gasteiger charge is 2.12. The Morgan fingerprint density at radius 1 is 1.30 bits per heavy atom. The van der Waals surface area contributed by atoms with Crippen LogP contribution in [0.2, 0.25) is 0 Å². The van der Waals surface area contributed by atoms with Crippen molar-refractivity contribution in [3.05, 3.63) is 48.0 Å². The largest absolute Gasteiger partial charge is 0.496 e. The number of anilines is 1. The van der Waals surface area contributed by atoms with Gasteiger partial charge < -0.3 is 10.1 Å². The lowest BCUT2D eigenvalue weighted by Crippen LogP contribution is -2.12. The van der Waals surface area contributed by atoms with Crippen molar-refractivity contribution in [3.63, 3.8) is 0 Å². The van der Waals surface area contributed by atoms with Gasteiger partial charge in [0, 0.05) is 5.69 Å². The second kappa shape index (κ2) is 7.02. The molecule has 118 valence electrons. The molecule has 1 N–H and O–H groups in total. The summed E-state index contributed by atoms with van der Waals surface area (Å²) >= 11 is 3.37. The van der Waals surface area contributed by atoms with Crippen LogP contribution in [0.25, 0.3) is 10.2 Å². The van der Waals surface area contributed by atoms with Crippen LogP contribution in [-0.4, -0.2) is 23.8 Å². The molecule has 3 rings (SSSR count). The van der Waals surface area contributed by atoms with Gasteiger partial charge in [0.05, 0.1) is 22.9 Å². The normalized spacial score (nSPS) is 10.7. The van der Waals surface area contributed by atoms with Crippen LogP contribution in [0.5, 0.6) is 5.75 Å². The fraction of sp³-hybridized carbons (Fsp3) is 0.176. The summed E-state index contributed by atoms with van der Waals surface area (Å²) in [7, 11) is 1.56. The number of thioether (sulfide) groups is 1. The average Bonchev–Trinajstić information content (AvgIpc) is 2.96. The highest BCUT2D eigenvalue weighted by atomic mass is 32.2. The van der Waals surface area contributed by atoms with Crippen LogP contribution in [-0.2, 0) is 0 Å². The zero-order chi connectivity index (χ0) is 16.2. The summed E-state index contributed by atoms with van der Waals surface area (Å²) in [5.74, 6) is 1.37. The summed E-state index contributed by atoms with van der Waals surface area (Å²) in [6.45, 7) is 2.11. The quantitative estimate of drug-likeness (QED) is 0.683. The second-order valence-electron chi connectivity index (χ2n) is 4.75. The second-order valence-corrected chi connectivity index (χ2v) is 7.29. The molecule has 0 saturated carbocycles. The number of fused-ring (bicyclic) bond motifs is 1. The SMILES string of the molecule is CCSc1nc2ccc(NC(=O)c3ccccc3OC)cc2s1. The first-order chi connectivity index (χ1) is 11.2. The molecule has 0 aliphatic rings. The predicted molar refractivity (Wildman–Crippen MR) is 97.0 cm³/mol. The van der Waals surface area contributed by atoms with Crippen LogP contribution < -0.4 is 10.1 Å². The molecule has 1 aromatic heterocycles. The summed E-state index contributed by atoms with van der Waals surface area (Å²) in [4.78, 5) is 17.0. The van der Waals surface area contributed by atoms with E-state index in [1.807, 2.05) is 30.3 Å². The Morgan fingerprint density at radius 3 is 2.91 bits per heavy atom. The standard InChI is InChI=1S/C17H16N2O2S2/c1-3-22-17-19-13-9-8-11(10-15(13)23-17)18-16(20)12-6-4-5-7-14(12)21-2/h4-10H,3H2,1-2H3,(H,18,20). The van der Waals surface area contributed by atoms with Gasteiger partial charge in [-0.25, -0.2) is 4.98 Å². The number of amides is 1. The summed E-state index contributed by atoms with van der Waals surface area (Å²) < 4.78 is 7.35. The zero-order valence-electron chi connectivity index (χ0n) is 12.8. The first-order valence-corrected chi connectivity index (χ1v) is 8.99. The minimum absolute atomic E-state index is 0.186. The minimum atomic E-state index is -0.186. The van der Waals surface area contributed by atoms with Crippen molar-refractivity contribution in [1.29, 1.82) is 0 Å². The molecule has 0 fully saturated rings. The van der Waals surface area contributed by atoms with Crippen LogP contribution in [0.4, 0.5) is 5.69 Å². The number of carbonyl (C=O) groups excluding carboxylic acids is 1. The van der Waals surface area contributed by atoms with E-state index in [4.69, 9.17) is 4.74 Å². The van der Waals surface area contributed by atoms with Crippen LogP contribution in [0, 0.1) is 0 Å². The molecule has 0 bridgehead atoms. The number of nitrogens with one attached hydrogen (secondary N) is 1. The van der Waals surface area contributed by atoms with E-state index in [1.165, 1.54) is 0 Å². The molecule has 23 heavy (non-hydrogen) atoms. The van der Waals surface area contributed by atoms with Gasteiger partial charge in [-0.2, -0.15) is 0 Å². The van der Waals surface area contributed by atoms with Crippen LogP contribution in [0.1, 0.15) is 17.3 Å². The van der Waals surface area contributed by atoms with Crippen molar-refractivity contribution in [2.45, 2.75) is 11.3 Å². The Balaban J connectivity index is 1.84. The van der Waals surface area contributed by atoms with Crippen molar-refractivity contribution in [2.75, 3.05) is 18.2 Å². The maximum atomic E-state index is 12.4. The van der Waals surface area contributed by atoms with E-state index in [-0.39, 0.29) is 5.91 Å². The summed E-state index contributed by atoms with van der Waals surface area (Å²) in [6, 6.07) is 12.9. The highest BCUT2D eigenvalue weighted by Crippen LogP contribution is 2.31. The number of rotatable bonds is 5. The Morgan fingerprint density at radius 2 is 2.13 bits per heavy atom. The van der Waals surface area contributed by atoms with E-state index in [1.54, 1.807) is 42.3 Å². The molecule has 4 nitrogen and oxygen atoms in total. The molecule has 0 saturated heterocycles. The third-order valence-electron chi connectivity index (χ3n) is 3.25. The molecule has 0 atom stereocenters. The monoisotopic (exact) mass is 344 g/mol. The lowest BCUT2D eigenvalue weighted by molar-refractivity contribution is 0.102. The third-order valence-corrected chi connectivity index (χ3v) is 5.29. The molecule has 0 radical (unpaired) electrons. The van der Waals surface area contributed by atoms with Crippen molar-refractivity contribution in [2.24, 2.45) is 0 Å². The topological polar surface area (TPSA) is 51.2 Å². The Hall–Kier alpha value is -2.05. The van der Waals surface area contributed by atoms with E-state index in [9.17, 15) is 4.79 Å². The first kappa shape index (κ1) is 15.8. The smallest absolute Gasteiger partial charge is 0.259 e. The van der Waals surface area contributed by atoms with Gasteiger partial charge in [0.2, 0.25) is 0 Å². The summed E-state index contributed by atoms with van der Waals surface area (Å²) in [5.41, 5.74) is 2.23. The molecule has 2 aromatic carbocycles. The van der Waals surface area contributed by atoms with E-state index in [0.717, 1.165) is 26.0 Å². The lowest BCUT2D eigenvalue weighted by Gasteiger charge is -2.09. The van der Waals surface area contributed by atoms with E-state index in [2.05, 4.69) is 17.2 Å². The molecule has 1 heterocycles. The minimum Gasteiger partial charge on any atom is -0.496 e. The number of benzene rings is 2. The maximum absolute atomic E-state index is 12.4. The third kappa shape index (κ3) is 3.48. The Bertz CT molecular complexity index is 845. The maximum Gasteiger partial charge on any atom is 0.259 e. The van der Waals surface area contributed by atoms with Crippen molar-refractivity contribution < 1.29 is 9.53 Å². The molecule has 6 heteroatoms. The molecular formula is C17H16N2O2S2.